The van der Waals surface area contributed by atoms with Crippen LogP contribution in [-0.4, -0.2) is 35.5 Å². The Kier molecular flexibility index (Phi) is 5.67. The van der Waals surface area contributed by atoms with Gasteiger partial charge in [0.25, 0.3) is 0 Å². The molecule has 2 aromatic carbocycles. The van der Waals surface area contributed by atoms with Crippen LogP contribution in [0.4, 0.5) is 5.69 Å². The maximum Gasteiger partial charge on any atom is 0.245 e. The Labute approximate surface area is 171 Å². The number of benzene rings is 2. The van der Waals surface area contributed by atoms with Crippen LogP contribution in [-0.2, 0) is 9.59 Å². The second-order valence-corrected chi connectivity index (χ2v) is 8.07. The lowest BCUT2D eigenvalue weighted by Crippen LogP contribution is -2.39. The predicted octanol–water partition coefficient (Wildman–Crippen LogP) is 4.36. The molecule has 0 spiro atoms. The van der Waals surface area contributed by atoms with Crippen LogP contribution in [0.3, 0.4) is 0 Å². The number of hydrazone groups is 1. The molecule has 0 saturated carbocycles. The van der Waals surface area contributed by atoms with E-state index in [-0.39, 0.29) is 18.2 Å². The van der Waals surface area contributed by atoms with E-state index >= 15 is 0 Å². The maximum atomic E-state index is 12.4. The van der Waals surface area contributed by atoms with Gasteiger partial charge in [-0.1, -0.05) is 39.7 Å². The molecule has 0 radical (unpaired) electrons. The Bertz CT molecular complexity index is 896. The topological polar surface area (TPSA) is 61.8 Å². The molecule has 0 bridgehead atoms. The second-order valence-electron chi connectivity index (χ2n) is 6.72. The minimum Gasteiger partial charge on any atom is -0.324 e. The summed E-state index contributed by atoms with van der Waals surface area (Å²) < 4.78 is 0.939. The van der Waals surface area contributed by atoms with E-state index in [1.165, 1.54) is 0 Å². The molecule has 1 amide bonds. The van der Waals surface area contributed by atoms with E-state index in [0.717, 1.165) is 10.0 Å². The number of halogens is 2. The van der Waals surface area contributed by atoms with Crippen LogP contribution >= 0.6 is 27.5 Å². The van der Waals surface area contributed by atoms with Crippen molar-refractivity contribution in [3.8, 4) is 0 Å². The first-order valence-electron chi connectivity index (χ1n) is 8.44. The Hall–Kier alpha value is -2.18. The first-order valence-corrected chi connectivity index (χ1v) is 9.61. The number of carbonyl (C=O) groups excluding carboxylic acids is 2. The fourth-order valence-corrected chi connectivity index (χ4v) is 3.37. The molecule has 7 heteroatoms. The molecule has 0 saturated heterocycles. The van der Waals surface area contributed by atoms with E-state index in [2.05, 4.69) is 26.3 Å². The highest BCUT2D eigenvalue weighted by Crippen LogP contribution is 2.32. The molecule has 2 aromatic rings. The van der Waals surface area contributed by atoms with Crippen molar-refractivity contribution < 1.29 is 9.59 Å². The van der Waals surface area contributed by atoms with Gasteiger partial charge in [0.2, 0.25) is 5.91 Å². The monoisotopic (exact) mass is 447 g/mol. The Morgan fingerprint density at radius 2 is 1.81 bits per heavy atom. The summed E-state index contributed by atoms with van der Waals surface area (Å²) in [4.78, 5) is 24.7. The summed E-state index contributed by atoms with van der Waals surface area (Å²) >= 11 is 9.33. The van der Waals surface area contributed by atoms with Gasteiger partial charge >= 0.3 is 0 Å². The van der Waals surface area contributed by atoms with E-state index in [9.17, 15) is 9.59 Å². The van der Waals surface area contributed by atoms with Crippen molar-refractivity contribution in [2.75, 3.05) is 18.4 Å². The fraction of sp³-hybridized carbons (Fsp3) is 0.250. The summed E-state index contributed by atoms with van der Waals surface area (Å²) in [6.07, 6.45) is 0. The molecule has 3 rings (SSSR count). The van der Waals surface area contributed by atoms with E-state index in [4.69, 9.17) is 11.6 Å². The largest absolute Gasteiger partial charge is 0.324 e. The number of Topliss-reactive ketones (excluding diaryl/α,β-unsaturated/α-hetero) is 1. The van der Waals surface area contributed by atoms with Gasteiger partial charge in [-0.05, 0) is 55.8 Å². The van der Waals surface area contributed by atoms with Gasteiger partial charge in [-0.3, -0.25) is 14.6 Å². The quantitative estimate of drug-likeness (QED) is 0.739. The Morgan fingerprint density at radius 1 is 1.19 bits per heavy atom. The summed E-state index contributed by atoms with van der Waals surface area (Å²) in [5.41, 5.74) is 1.42. The van der Waals surface area contributed by atoms with E-state index in [1.54, 1.807) is 24.1 Å². The normalized spacial score (nSPS) is 19.0. The first-order chi connectivity index (χ1) is 12.8. The van der Waals surface area contributed by atoms with Crippen LogP contribution in [0, 0.1) is 5.41 Å². The summed E-state index contributed by atoms with van der Waals surface area (Å²) in [6.45, 7) is 3.83. The molecule has 0 fully saturated rings. The number of carbonyl (C=O) groups is 2. The van der Waals surface area contributed by atoms with Gasteiger partial charge < -0.3 is 5.32 Å². The number of rotatable bonds is 5. The number of nitrogens with one attached hydrogen (secondary N) is 1. The zero-order valence-electron chi connectivity index (χ0n) is 15.0. The molecule has 0 aliphatic carbocycles. The van der Waals surface area contributed by atoms with Crippen LogP contribution < -0.4 is 5.32 Å². The van der Waals surface area contributed by atoms with Crippen molar-refractivity contribution >= 4 is 50.6 Å². The maximum absolute atomic E-state index is 12.4. The average Bonchev–Trinajstić information content (AvgIpc) is 2.95. The third-order valence-corrected chi connectivity index (χ3v) is 5.39. The zero-order chi connectivity index (χ0) is 19.6. The number of hydrogen-bond donors (Lipinski definition) is 1. The molecule has 1 N–H and O–H groups in total. The molecule has 1 atom stereocenters. The van der Waals surface area contributed by atoms with E-state index < -0.39 is 5.41 Å². The van der Waals surface area contributed by atoms with Gasteiger partial charge in [0.15, 0.2) is 0 Å². The summed E-state index contributed by atoms with van der Waals surface area (Å²) in [5.74, 6) is -0.184. The van der Waals surface area contributed by atoms with Crippen LogP contribution in [0.25, 0.3) is 0 Å². The molecule has 1 aliphatic heterocycles. The minimum absolute atomic E-state index is 0.00650. The lowest BCUT2D eigenvalue weighted by molar-refractivity contribution is -0.123. The van der Waals surface area contributed by atoms with Crippen molar-refractivity contribution in [3.05, 3.63) is 63.6 Å². The highest BCUT2D eigenvalue weighted by molar-refractivity contribution is 9.10. The van der Waals surface area contributed by atoms with Crippen LogP contribution in [0.2, 0.25) is 5.02 Å². The van der Waals surface area contributed by atoms with Gasteiger partial charge in [0.1, 0.15) is 12.3 Å². The number of nitrogens with zero attached hydrogens (tertiary/aromatic N) is 2. The van der Waals surface area contributed by atoms with Crippen molar-refractivity contribution in [2.24, 2.45) is 10.5 Å². The lowest BCUT2D eigenvalue weighted by atomic mass is 9.79. The standard InChI is InChI=1S/C20H19BrClN3O2/c1-13(26)20(2)12-25(24-19(20)14-3-7-16(22)8-4-14)11-18(27)23-17-9-5-15(21)6-10-17/h3-10H,11-12H2,1-2H3,(H,23,27). The highest BCUT2D eigenvalue weighted by atomic mass is 79.9. The van der Waals surface area contributed by atoms with Crippen LogP contribution in [0.15, 0.2) is 58.1 Å². The van der Waals surface area contributed by atoms with Crippen molar-refractivity contribution in [3.63, 3.8) is 0 Å². The van der Waals surface area contributed by atoms with Crippen molar-refractivity contribution in [1.29, 1.82) is 0 Å². The summed E-state index contributed by atoms with van der Waals surface area (Å²) in [7, 11) is 0. The number of anilines is 1. The molecular weight excluding hydrogens is 430 g/mol. The van der Waals surface area contributed by atoms with Crippen LogP contribution in [0.5, 0.6) is 0 Å². The van der Waals surface area contributed by atoms with E-state index in [1.807, 2.05) is 43.3 Å². The molecule has 0 aromatic heterocycles. The summed E-state index contributed by atoms with van der Waals surface area (Å²) in [6, 6.07) is 14.6. The number of amides is 1. The third-order valence-electron chi connectivity index (χ3n) is 4.61. The fourth-order valence-electron chi connectivity index (χ4n) is 2.98. The first kappa shape index (κ1) is 19.6. The summed E-state index contributed by atoms with van der Waals surface area (Å²) in [5, 5.41) is 9.67. The molecule has 1 heterocycles. The number of hydrogen-bond acceptors (Lipinski definition) is 4. The molecule has 27 heavy (non-hydrogen) atoms. The average molecular weight is 449 g/mol. The lowest BCUT2D eigenvalue weighted by Gasteiger charge is -2.23. The highest BCUT2D eigenvalue weighted by Gasteiger charge is 2.43. The zero-order valence-corrected chi connectivity index (χ0v) is 17.3. The number of ketones is 1. The van der Waals surface area contributed by atoms with Crippen molar-refractivity contribution in [1.82, 2.24) is 5.01 Å². The smallest absolute Gasteiger partial charge is 0.245 e. The van der Waals surface area contributed by atoms with E-state index in [0.29, 0.717) is 23.0 Å². The molecule has 140 valence electrons. The Balaban J connectivity index is 1.78. The molecular formula is C20H19BrClN3O2. The molecule has 5 nitrogen and oxygen atoms in total. The van der Waals surface area contributed by atoms with Crippen LogP contribution in [0.1, 0.15) is 19.4 Å². The Morgan fingerprint density at radius 3 is 2.41 bits per heavy atom. The predicted molar refractivity (Wildman–Crippen MR) is 111 cm³/mol. The third kappa shape index (κ3) is 4.39. The SMILES string of the molecule is CC(=O)C1(C)CN(CC(=O)Nc2ccc(Br)cc2)N=C1c1ccc(Cl)cc1. The van der Waals surface area contributed by atoms with Gasteiger partial charge in [-0.2, -0.15) is 5.10 Å². The minimum atomic E-state index is -0.772. The van der Waals surface area contributed by atoms with Gasteiger partial charge in [-0.15, -0.1) is 0 Å². The molecule has 1 aliphatic rings. The van der Waals surface area contributed by atoms with Crippen molar-refractivity contribution in [2.45, 2.75) is 13.8 Å². The van der Waals surface area contributed by atoms with Gasteiger partial charge in [0.05, 0.1) is 17.7 Å². The molecule has 1 unspecified atom stereocenters. The van der Waals surface area contributed by atoms with Gasteiger partial charge in [0, 0.05) is 15.2 Å². The van der Waals surface area contributed by atoms with Gasteiger partial charge in [-0.25, -0.2) is 0 Å². The second kappa shape index (κ2) is 7.82.